The van der Waals surface area contributed by atoms with E-state index in [0.29, 0.717) is 6.54 Å². The van der Waals surface area contributed by atoms with Crippen LogP contribution in [0.25, 0.3) is 0 Å². The van der Waals surface area contributed by atoms with Gasteiger partial charge in [-0.3, -0.25) is 0 Å². The Morgan fingerprint density at radius 1 is 1.19 bits per heavy atom. The van der Waals surface area contributed by atoms with Gasteiger partial charge < -0.3 is 14.8 Å². The third-order valence-corrected chi connectivity index (χ3v) is 5.33. The summed E-state index contributed by atoms with van der Waals surface area (Å²) in [5.74, 6) is 2.59. The number of nitrogens with one attached hydrogen (secondary N) is 1. The van der Waals surface area contributed by atoms with Crippen LogP contribution in [0.3, 0.4) is 0 Å². The van der Waals surface area contributed by atoms with Crippen LogP contribution < -0.4 is 5.32 Å². The molecule has 7 heteroatoms. The molecule has 0 fully saturated rings. The minimum Gasteiger partial charge on any atom is -0.351 e. The monoisotopic (exact) mass is 382 g/mol. The molecular formula is C20H26N6S. The molecule has 2 heterocycles. The molecule has 142 valence electrons. The normalized spacial score (nSPS) is 11.6. The van der Waals surface area contributed by atoms with Gasteiger partial charge in [0.1, 0.15) is 12.4 Å². The SMILES string of the molecule is Cc1ccc(CN(C)C(=NCc2nnc(C)n2C)NCc2cccs2)cc1. The summed E-state index contributed by atoms with van der Waals surface area (Å²) in [7, 11) is 4.02. The van der Waals surface area contributed by atoms with Crippen molar-refractivity contribution in [1.82, 2.24) is 25.0 Å². The summed E-state index contributed by atoms with van der Waals surface area (Å²) in [6, 6.07) is 12.8. The van der Waals surface area contributed by atoms with Gasteiger partial charge in [-0.1, -0.05) is 35.9 Å². The van der Waals surface area contributed by atoms with E-state index in [1.807, 2.05) is 18.5 Å². The number of guanidine groups is 1. The molecule has 0 unspecified atom stereocenters. The van der Waals surface area contributed by atoms with Gasteiger partial charge in [-0.15, -0.1) is 21.5 Å². The van der Waals surface area contributed by atoms with Gasteiger partial charge >= 0.3 is 0 Å². The molecule has 0 aliphatic rings. The van der Waals surface area contributed by atoms with E-state index in [1.54, 1.807) is 11.3 Å². The fraction of sp³-hybridized carbons (Fsp3) is 0.350. The molecule has 0 aliphatic carbocycles. The predicted molar refractivity (Wildman–Crippen MR) is 111 cm³/mol. The lowest BCUT2D eigenvalue weighted by molar-refractivity contribution is 0.474. The van der Waals surface area contributed by atoms with E-state index in [4.69, 9.17) is 4.99 Å². The zero-order chi connectivity index (χ0) is 19.2. The van der Waals surface area contributed by atoms with Crippen molar-refractivity contribution < 1.29 is 0 Å². The average molecular weight is 383 g/mol. The molecule has 0 amide bonds. The first kappa shape index (κ1) is 19.1. The van der Waals surface area contributed by atoms with Gasteiger partial charge in [0.15, 0.2) is 11.8 Å². The summed E-state index contributed by atoms with van der Waals surface area (Å²) >= 11 is 1.74. The molecule has 0 atom stereocenters. The van der Waals surface area contributed by atoms with Crippen molar-refractivity contribution in [2.45, 2.75) is 33.5 Å². The van der Waals surface area contributed by atoms with Crippen LogP contribution in [0, 0.1) is 13.8 Å². The smallest absolute Gasteiger partial charge is 0.194 e. The summed E-state index contributed by atoms with van der Waals surface area (Å²) in [6.07, 6.45) is 0. The molecule has 0 spiro atoms. The topological polar surface area (TPSA) is 58.3 Å². The first-order valence-electron chi connectivity index (χ1n) is 8.95. The Labute approximate surface area is 164 Å². The molecular weight excluding hydrogens is 356 g/mol. The first-order valence-corrected chi connectivity index (χ1v) is 9.83. The average Bonchev–Trinajstić information content (AvgIpc) is 3.28. The van der Waals surface area contributed by atoms with Gasteiger partial charge in [0.25, 0.3) is 0 Å². The van der Waals surface area contributed by atoms with Crippen LogP contribution in [0.15, 0.2) is 46.8 Å². The highest BCUT2D eigenvalue weighted by Crippen LogP contribution is 2.10. The van der Waals surface area contributed by atoms with E-state index in [-0.39, 0.29) is 0 Å². The summed E-state index contributed by atoms with van der Waals surface area (Å²) in [6.45, 7) is 6.08. The van der Waals surface area contributed by atoms with Gasteiger partial charge in [0.2, 0.25) is 0 Å². The van der Waals surface area contributed by atoms with Crippen molar-refractivity contribution in [2.24, 2.45) is 12.0 Å². The van der Waals surface area contributed by atoms with Crippen molar-refractivity contribution in [1.29, 1.82) is 0 Å². The maximum atomic E-state index is 4.79. The summed E-state index contributed by atoms with van der Waals surface area (Å²) < 4.78 is 1.97. The van der Waals surface area contributed by atoms with Crippen LogP contribution in [0.2, 0.25) is 0 Å². The number of hydrogen-bond donors (Lipinski definition) is 1. The highest BCUT2D eigenvalue weighted by Gasteiger charge is 2.10. The lowest BCUT2D eigenvalue weighted by Crippen LogP contribution is -2.38. The summed E-state index contributed by atoms with van der Waals surface area (Å²) in [5, 5.41) is 13.9. The highest BCUT2D eigenvalue weighted by atomic mass is 32.1. The second-order valence-electron chi connectivity index (χ2n) is 6.64. The van der Waals surface area contributed by atoms with E-state index in [9.17, 15) is 0 Å². The van der Waals surface area contributed by atoms with Crippen LogP contribution in [-0.4, -0.2) is 32.7 Å². The number of rotatable bonds is 6. The quantitative estimate of drug-likeness (QED) is 0.525. The van der Waals surface area contributed by atoms with Crippen molar-refractivity contribution >= 4 is 17.3 Å². The van der Waals surface area contributed by atoms with Gasteiger partial charge in [-0.25, -0.2) is 4.99 Å². The van der Waals surface area contributed by atoms with Crippen LogP contribution >= 0.6 is 11.3 Å². The third kappa shape index (κ3) is 5.17. The number of hydrogen-bond acceptors (Lipinski definition) is 4. The number of aromatic nitrogens is 3. The van der Waals surface area contributed by atoms with Gasteiger partial charge in [0, 0.05) is 25.5 Å². The number of thiophene rings is 1. The molecule has 0 saturated carbocycles. The van der Waals surface area contributed by atoms with Crippen molar-refractivity contribution in [2.75, 3.05) is 7.05 Å². The second-order valence-corrected chi connectivity index (χ2v) is 7.67. The van der Waals surface area contributed by atoms with E-state index < -0.39 is 0 Å². The molecule has 27 heavy (non-hydrogen) atoms. The molecule has 6 nitrogen and oxygen atoms in total. The van der Waals surface area contributed by atoms with Gasteiger partial charge in [0.05, 0.1) is 6.54 Å². The maximum Gasteiger partial charge on any atom is 0.194 e. The molecule has 0 saturated heterocycles. The Kier molecular flexibility index (Phi) is 6.24. The molecule has 2 aromatic heterocycles. The van der Waals surface area contributed by atoms with Crippen LogP contribution in [0.4, 0.5) is 0 Å². The maximum absolute atomic E-state index is 4.79. The first-order chi connectivity index (χ1) is 13.0. The number of aryl methyl sites for hydroxylation is 2. The molecule has 3 rings (SSSR count). The van der Waals surface area contributed by atoms with Crippen LogP contribution in [0.1, 0.15) is 27.7 Å². The van der Waals surface area contributed by atoms with E-state index in [1.165, 1.54) is 16.0 Å². The van der Waals surface area contributed by atoms with Crippen LogP contribution in [-0.2, 0) is 26.7 Å². The predicted octanol–water partition coefficient (Wildman–Crippen LogP) is 3.27. The molecule has 0 bridgehead atoms. The van der Waals surface area contributed by atoms with Crippen molar-refractivity contribution in [3.05, 3.63) is 69.4 Å². The number of nitrogens with zero attached hydrogens (tertiary/aromatic N) is 5. The Morgan fingerprint density at radius 2 is 1.96 bits per heavy atom. The molecule has 0 radical (unpaired) electrons. The lowest BCUT2D eigenvalue weighted by atomic mass is 10.1. The summed E-state index contributed by atoms with van der Waals surface area (Å²) in [4.78, 5) is 8.21. The van der Waals surface area contributed by atoms with Crippen molar-refractivity contribution in [3.63, 3.8) is 0 Å². The Bertz CT molecular complexity index is 880. The third-order valence-electron chi connectivity index (χ3n) is 4.46. The van der Waals surface area contributed by atoms with E-state index >= 15 is 0 Å². The fourth-order valence-electron chi connectivity index (χ4n) is 2.67. The zero-order valence-electron chi connectivity index (χ0n) is 16.3. The second kappa shape index (κ2) is 8.81. The Morgan fingerprint density at radius 3 is 2.59 bits per heavy atom. The van der Waals surface area contributed by atoms with E-state index in [0.717, 1.165) is 30.7 Å². The molecule has 1 aromatic carbocycles. The fourth-order valence-corrected chi connectivity index (χ4v) is 3.31. The zero-order valence-corrected chi connectivity index (χ0v) is 17.1. The van der Waals surface area contributed by atoms with E-state index in [2.05, 4.69) is 76.2 Å². The standard InChI is InChI=1S/C20H26N6S/c1-15-7-9-17(10-8-15)14-25(3)20(21-12-18-6-5-11-27-18)22-13-19-24-23-16(2)26(19)4/h5-11H,12-14H2,1-4H3,(H,21,22). The minimum atomic E-state index is 0.488. The molecule has 1 N–H and O–H groups in total. The summed E-state index contributed by atoms with van der Waals surface area (Å²) in [5.41, 5.74) is 2.52. The van der Waals surface area contributed by atoms with Crippen LogP contribution in [0.5, 0.6) is 0 Å². The number of aliphatic imine (C=N–C) groups is 1. The highest BCUT2D eigenvalue weighted by molar-refractivity contribution is 7.09. The number of benzene rings is 1. The Hall–Kier alpha value is -2.67. The Balaban J connectivity index is 1.73. The minimum absolute atomic E-state index is 0.488. The van der Waals surface area contributed by atoms with Crippen molar-refractivity contribution in [3.8, 4) is 0 Å². The van der Waals surface area contributed by atoms with Gasteiger partial charge in [-0.05, 0) is 30.9 Å². The van der Waals surface area contributed by atoms with Gasteiger partial charge in [-0.2, -0.15) is 0 Å². The lowest BCUT2D eigenvalue weighted by Gasteiger charge is -2.22. The molecule has 0 aliphatic heterocycles. The molecule has 3 aromatic rings. The largest absolute Gasteiger partial charge is 0.351 e.